The number of ketones is 1. The first-order valence-electron chi connectivity index (χ1n) is 5.18. The predicted octanol–water partition coefficient (Wildman–Crippen LogP) is 2.36. The third kappa shape index (κ3) is 3.29. The molecule has 0 N–H and O–H groups in total. The molecule has 1 aliphatic rings. The van der Waals surface area contributed by atoms with Crippen LogP contribution >= 0.6 is 0 Å². The van der Waals surface area contributed by atoms with Gasteiger partial charge in [0.05, 0.1) is 0 Å². The molecular formula is C11H18O2. The van der Waals surface area contributed by atoms with E-state index in [9.17, 15) is 9.59 Å². The van der Waals surface area contributed by atoms with Crippen LogP contribution in [0.3, 0.4) is 0 Å². The van der Waals surface area contributed by atoms with Crippen LogP contribution in [0.25, 0.3) is 0 Å². The van der Waals surface area contributed by atoms with Crippen molar-refractivity contribution in [2.75, 3.05) is 0 Å². The third-order valence-electron chi connectivity index (χ3n) is 3.01. The molecule has 0 radical (unpaired) electrons. The zero-order chi connectivity index (χ0) is 9.68. The topological polar surface area (TPSA) is 34.1 Å². The van der Waals surface area contributed by atoms with Gasteiger partial charge < -0.3 is 9.59 Å². The van der Waals surface area contributed by atoms with Crippen LogP contribution in [0.4, 0.5) is 0 Å². The van der Waals surface area contributed by atoms with Gasteiger partial charge in [-0.3, -0.25) is 0 Å². The minimum atomic E-state index is 0.230. The van der Waals surface area contributed by atoms with Crippen molar-refractivity contribution in [1.29, 1.82) is 0 Å². The van der Waals surface area contributed by atoms with Crippen molar-refractivity contribution in [3.05, 3.63) is 0 Å². The molecule has 0 bridgehead atoms. The van der Waals surface area contributed by atoms with Crippen molar-refractivity contribution in [2.24, 2.45) is 11.8 Å². The molecule has 0 aromatic heterocycles. The first-order chi connectivity index (χ1) is 6.24. The van der Waals surface area contributed by atoms with Crippen LogP contribution in [0.15, 0.2) is 0 Å². The minimum Gasteiger partial charge on any atom is -0.303 e. The molecule has 13 heavy (non-hydrogen) atoms. The molecule has 0 heterocycles. The Morgan fingerprint density at radius 2 is 2.08 bits per heavy atom. The summed E-state index contributed by atoms with van der Waals surface area (Å²) in [4.78, 5) is 21.5. The highest BCUT2D eigenvalue weighted by Crippen LogP contribution is 2.31. The van der Waals surface area contributed by atoms with Gasteiger partial charge in [0, 0.05) is 12.3 Å². The SMILES string of the molecule is CC(=O)CCC1CCCCC1C=O. The number of carbonyl (C=O) groups is 2. The monoisotopic (exact) mass is 182 g/mol. The van der Waals surface area contributed by atoms with E-state index in [0.29, 0.717) is 12.3 Å². The van der Waals surface area contributed by atoms with E-state index >= 15 is 0 Å². The summed E-state index contributed by atoms with van der Waals surface area (Å²) >= 11 is 0. The summed E-state index contributed by atoms with van der Waals surface area (Å²) in [5, 5.41) is 0. The van der Waals surface area contributed by atoms with E-state index in [1.807, 2.05) is 0 Å². The molecular weight excluding hydrogens is 164 g/mol. The lowest BCUT2D eigenvalue weighted by Gasteiger charge is -2.27. The Hall–Kier alpha value is -0.660. The number of Topliss-reactive ketones (excluding diaryl/α,β-unsaturated/α-hetero) is 1. The lowest BCUT2D eigenvalue weighted by atomic mass is 9.77. The van der Waals surface area contributed by atoms with Crippen LogP contribution in [0.5, 0.6) is 0 Å². The zero-order valence-corrected chi connectivity index (χ0v) is 8.29. The van der Waals surface area contributed by atoms with E-state index in [2.05, 4.69) is 0 Å². The van der Waals surface area contributed by atoms with Gasteiger partial charge in [0.25, 0.3) is 0 Å². The normalized spacial score (nSPS) is 28.4. The van der Waals surface area contributed by atoms with Gasteiger partial charge in [-0.15, -0.1) is 0 Å². The summed E-state index contributed by atoms with van der Waals surface area (Å²) in [5.74, 6) is 0.957. The Labute approximate surface area is 79.7 Å². The summed E-state index contributed by atoms with van der Waals surface area (Å²) in [5.41, 5.74) is 0. The van der Waals surface area contributed by atoms with Gasteiger partial charge in [0.2, 0.25) is 0 Å². The maximum absolute atomic E-state index is 10.8. The first-order valence-corrected chi connectivity index (χ1v) is 5.18. The molecule has 0 aromatic carbocycles. The molecule has 2 nitrogen and oxygen atoms in total. The molecule has 0 amide bonds. The largest absolute Gasteiger partial charge is 0.303 e. The van der Waals surface area contributed by atoms with E-state index in [-0.39, 0.29) is 11.7 Å². The van der Waals surface area contributed by atoms with E-state index in [1.165, 1.54) is 12.8 Å². The second-order valence-electron chi connectivity index (χ2n) is 4.09. The Morgan fingerprint density at radius 1 is 1.38 bits per heavy atom. The van der Waals surface area contributed by atoms with Crippen LogP contribution in [0.1, 0.15) is 45.4 Å². The van der Waals surface area contributed by atoms with Crippen LogP contribution < -0.4 is 0 Å². The molecule has 0 saturated heterocycles. The van der Waals surface area contributed by atoms with Crippen molar-refractivity contribution in [2.45, 2.75) is 45.4 Å². The third-order valence-corrected chi connectivity index (χ3v) is 3.01. The van der Waals surface area contributed by atoms with E-state index in [1.54, 1.807) is 6.92 Å². The van der Waals surface area contributed by atoms with Crippen molar-refractivity contribution in [3.63, 3.8) is 0 Å². The zero-order valence-electron chi connectivity index (χ0n) is 8.29. The maximum atomic E-state index is 10.8. The van der Waals surface area contributed by atoms with E-state index in [0.717, 1.165) is 25.5 Å². The highest BCUT2D eigenvalue weighted by atomic mass is 16.1. The fourth-order valence-electron chi connectivity index (χ4n) is 2.16. The summed E-state index contributed by atoms with van der Waals surface area (Å²) in [6, 6.07) is 0. The van der Waals surface area contributed by atoms with Crippen molar-refractivity contribution < 1.29 is 9.59 Å². The Kier molecular flexibility index (Phi) is 4.13. The van der Waals surface area contributed by atoms with Gasteiger partial charge in [0.1, 0.15) is 12.1 Å². The molecule has 0 aromatic rings. The van der Waals surface area contributed by atoms with Crippen molar-refractivity contribution >= 4 is 12.1 Å². The molecule has 1 fully saturated rings. The molecule has 74 valence electrons. The van der Waals surface area contributed by atoms with Crippen LogP contribution in [0.2, 0.25) is 0 Å². The highest BCUT2D eigenvalue weighted by Gasteiger charge is 2.24. The molecule has 1 saturated carbocycles. The van der Waals surface area contributed by atoms with Crippen LogP contribution in [0, 0.1) is 11.8 Å². The number of hydrogen-bond donors (Lipinski definition) is 0. The van der Waals surface area contributed by atoms with Gasteiger partial charge in [-0.1, -0.05) is 12.8 Å². The van der Waals surface area contributed by atoms with Crippen molar-refractivity contribution in [3.8, 4) is 0 Å². The molecule has 2 atom stereocenters. The number of rotatable bonds is 4. The number of carbonyl (C=O) groups excluding carboxylic acids is 2. The van der Waals surface area contributed by atoms with Gasteiger partial charge in [-0.25, -0.2) is 0 Å². The fourth-order valence-corrected chi connectivity index (χ4v) is 2.16. The summed E-state index contributed by atoms with van der Waals surface area (Å²) < 4.78 is 0. The number of hydrogen-bond acceptors (Lipinski definition) is 2. The lowest BCUT2D eigenvalue weighted by Crippen LogP contribution is -2.21. The van der Waals surface area contributed by atoms with Crippen LogP contribution in [-0.2, 0) is 9.59 Å². The lowest BCUT2D eigenvalue weighted by molar-refractivity contribution is -0.118. The Morgan fingerprint density at radius 3 is 2.69 bits per heavy atom. The van der Waals surface area contributed by atoms with Gasteiger partial charge >= 0.3 is 0 Å². The van der Waals surface area contributed by atoms with E-state index < -0.39 is 0 Å². The molecule has 1 aliphatic carbocycles. The van der Waals surface area contributed by atoms with Gasteiger partial charge in [-0.2, -0.15) is 0 Å². The molecule has 2 heteroatoms. The average Bonchev–Trinajstić information content (AvgIpc) is 2.15. The second kappa shape index (κ2) is 5.15. The van der Waals surface area contributed by atoms with Gasteiger partial charge in [-0.05, 0) is 32.1 Å². The second-order valence-corrected chi connectivity index (χ2v) is 4.09. The number of aldehydes is 1. The molecule has 1 rings (SSSR count). The first kappa shape index (κ1) is 10.4. The fraction of sp³-hybridized carbons (Fsp3) is 0.818. The molecule has 0 aliphatic heterocycles. The van der Waals surface area contributed by atoms with E-state index in [4.69, 9.17) is 0 Å². The molecule has 0 spiro atoms. The minimum absolute atomic E-state index is 0.230. The van der Waals surface area contributed by atoms with Crippen molar-refractivity contribution in [1.82, 2.24) is 0 Å². The maximum Gasteiger partial charge on any atom is 0.129 e. The smallest absolute Gasteiger partial charge is 0.129 e. The highest BCUT2D eigenvalue weighted by molar-refractivity contribution is 5.75. The summed E-state index contributed by atoms with van der Waals surface area (Å²) in [6.07, 6.45) is 7.23. The Balaban J connectivity index is 2.35. The standard InChI is InChI=1S/C11H18O2/c1-9(13)6-7-10-4-2-3-5-11(10)8-12/h8,10-11H,2-7H2,1H3. The summed E-state index contributed by atoms with van der Waals surface area (Å²) in [6.45, 7) is 1.62. The molecule has 2 unspecified atom stereocenters. The Bertz CT molecular complexity index is 187. The summed E-state index contributed by atoms with van der Waals surface area (Å²) in [7, 11) is 0. The van der Waals surface area contributed by atoms with Gasteiger partial charge in [0.15, 0.2) is 0 Å². The predicted molar refractivity (Wildman–Crippen MR) is 51.4 cm³/mol. The average molecular weight is 182 g/mol. The van der Waals surface area contributed by atoms with Crippen LogP contribution in [-0.4, -0.2) is 12.1 Å². The quantitative estimate of drug-likeness (QED) is 0.625.